The molecule has 1 aromatic carbocycles. The van der Waals surface area contributed by atoms with E-state index in [2.05, 4.69) is 10.4 Å². The summed E-state index contributed by atoms with van der Waals surface area (Å²) in [5.74, 6) is 1.43. The summed E-state index contributed by atoms with van der Waals surface area (Å²) in [6.45, 7) is 6.75. The standard InChI is InChI=1S/C20H24ClN3O3/c1-5-26-17-9-14-8-12(2)27-18(14)10-15(17)11-22-19(25)7-6-16-13(3)23-24(4)20(16)21/h6-7,9-10,12H,5,8,11H2,1-4H3,(H,22,25)/b7-6-/t12-/m0/s1. The highest BCUT2D eigenvalue weighted by Crippen LogP contribution is 2.35. The molecule has 6 nitrogen and oxygen atoms in total. The lowest BCUT2D eigenvalue weighted by molar-refractivity contribution is -0.116. The Kier molecular flexibility index (Phi) is 5.75. The molecule has 0 unspecified atom stereocenters. The van der Waals surface area contributed by atoms with Crippen LogP contribution in [0.4, 0.5) is 0 Å². The lowest BCUT2D eigenvalue weighted by Gasteiger charge is -2.13. The molecule has 0 spiro atoms. The molecule has 2 heterocycles. The molecule has 0 radical (unpaired) electrons. The van der Waals surface area contributed by atoms with Crippen LogP contribution in [0, 0.1) is 6.92 Å². The molecule has 1 aromatic heterocycles. The Hall–Kier alpha value is -2.47. The molecule has 1 amide bonds. The second-order valence-corrected chi connectivity index (χ2v) is 6.96. The maximum absolute atomic E-state index is 12.2. The topological polar surface area (TPSA) is 65.4 Å². The van der Waals surface area contributed by atoms with Gasteiger partial charge in [-0.1, -0.05) is 11.6 Å². The highest BCUT2D eigenvalue weighted by molar-refractivity contribution is 6.31. The van der Waals surface area contributed by atoms with Crippen LogP contribution in [0.2, 0.25) is 5.15 Å². The lowest BCUT2D eigenvalue weighted by atomic mass is 10.1. The Morgan fingerprint density at radius 3 is 2.96 bits per heavy atom. The third-order valence-corrected chi connectivity index (χ3v) is 4.88. The highest BCUT2D eigenvalue weighted by Gasteiger charge is 2.22. The molecular weight excluding hydrogens is 366 g/mol. The number of ether oxygens (including phenoxy) is 2. The van der Waals surface area contributed by atoms with Gasteiger partial charge in [0.2, 0.25) is 5.91 Å². The van der Waals surface area contributed by atoms with Crippen molar-refractivity contribution >= 4 is 23.6 Å². The Morgan fingerprint density at radius 2 is 2.30 bits per heavy atom. The summed E-state index contributed by atoms with van der Waals surface area (Å²) >= 11 is 6.18. The molecule has 1 aliphatic rings. The number of aryl methyl sites for hydroxylation is 2. The highest BCUT2D eigenvalue weighted by atomic mass is 35.5. The molecular formula is C20H24ClN3O3. The van der Waals surface area contributed by atoms with Crippen LogP contribution in [0.5, 0.6) is 11.5 Å². The molecule has 0 fully saturated rings. The number of halogens is 1. The van der Waals surface area contributed by atoms with Crippen molar-refractivity contribution in [1.29, 1.82) is 0 Å². The number of aromatic nitrogens is 2. The number of fused-ring (bicyclic) bond motifs is 1. The van der Waals surface area contributed by atoms with Crippen molar-refractivity contribution in [1.82, 2.24) is 15.1 Å². The van der Waals surface area contributed by atoms with Crippen molar-refractivity contribution in [2.45, 2.75) is 39.8 Å². The van der Waals surface area contributed by atoms with Crippen LogP contribution in [0.15, 0.2) is 18.2 Å². The van der Waals surface area contributed by atoms with E-state index in [4.69, 9.17) is 21.1 Å². The number of carbonyl (C=O) groups is 1. The summed E-state index contributed by atoms with van der Waals surface area (Å²) in [5, 5.41) is 7.61. The summed E-state index contributed by atoms with van der Waals surface area (Å²) < 4.78 is 13.1. The summed E-state index contributed by atoms with van der Waals surface area (Å²) in [5.41, 5.74) is 3.55. The van der Waals surface area contributed by atoms with E-state index in [1.165, 1.54) is 6.08 Å². The number of hydrogen-bond acceptors (Lipinski definition) is 4. The van der Waals surface area contributed by atoms with Crippen LogP contribution in [0.3, 0.4) is 0 Å². The van der Waals surface area contributed by atoms with Gasteiger partial charge in [-0.15, -0.1) is 0 Å². The molecule has 1 N–H and O–H groups in total. The van der Waals surface area contributed by atoms with Crippen LogP contribution in [0.25, 0.3) is 6.08 Å². The quantitative estimate of drug-likeness (QED) is 0.768. The third kappa shape index (κ3) is 4.27. The Morgan fingerprint density at radius 1 is 1.52 bits per heavy atom. The number of carbonyl (C=O) groups excluding carboxylic acids is 1. The van der Waals surface area contributed by atoms with Crippen molar-refractivity contribution in [3.8, 4) is 11.5 Å². The number of benzene rings is 1. The van der Waals surface area contributed by atoms with Crippen molar-refractivity contribution in [2.24, 2.45) is 7.05 Å². The molecule has 144 valence electrons. The fourth-order valence-electron chi connectivity index (χ4n) is 3.15. The predicted octanol–water partition coefficient (Wildman–Crippen LogP) is 3.43. The fraction of sp³-hybridized carbons (Fsp3) is 0.400. The number of nitrogens with zero attached hydrogens (tertiary/aromatic N) is 2. The normalized spacial score (nSPS) is 15.7. The molecule has 3 rings (SSSR count). The maximum atomic E-state index is 12.2. The first-order valence-electron chi connectivity index (χ1n) is 8.99. The Balaban J connectivity index is 1.70. The van der Waals surface area contributed by atoms with Gasteiger partial charge in [-0.3, -0.25) is 9.48 Å². The van der Waals surface area contributed by atoms with Crippen molar-refractivity contribution in [3.05, 3.63) is 45.7 Å². The smallest absolute Gasteiger partial charge is 0.244 e. The molecule has 2 aromatic rings. The van der Waals surface area contributed by atoms with E-state index in [1.54, 1.807) is 17.8 Å². The summed E-state index contributed by atoms with van der Waals surface area (Å²) in [6, 6.07) is 3.97. The first kappa shape index (κ1) is 19.3. The predicted molar refractivity (Wildman–Crippen MR) is 105 cm³/mol. The van der Waals surface area contributed by atoms with Gasteiger partial charge in [0, 0.05) is 42.8 Å². The monoisotopic (exact) mass is 389 g/mol. The van der Waals surface area contributed by atoms with Crippen molar-refractivity contribution in [3.63, 3.8) is 0 Å². The van der Waals surface area contributed by atoms with E-state index in [9.17, 15) is 4.79 Å². The van der Waals surface area contributed by atoms with Gasteiger partial charge in [0.1, 0.15) is 22.8 Å². The average molecular weight is 390 g/mol. The zero-order valence-electron chi connectivity index (χ0n) is 16.0. The molecule has 0 aliphatic carbocycles. The first-order chi connectivity index (χ1) is 12.9. The lowest BCUT2D eigenvalue weighted by Crippen LogP contribution is -2.20. The first-order valence-corrected chi connectivity index (χ1v) is 9.37. The number of hydrogen-bond donors (Lipinski definition) is 1. The van der Waals surface area contributed by atoms with E-state index in [1.807, 2.05) is 32.9 Å². The Labute approximate surface area is 164 Å². The zero-order chi connectivity index (χ0) is 19.6. The number of amides is 1. The van der Waals surface area contributed by atoms with Gasteiger partial charge >= 0.3 is 0 Å². The number of rotatable bonds is 6. The Bertz CT molecular complexity index is 889. The molecule has 1 aliphatic heterocycles. The minimum absolute atomic E-state index is 0.162. The minimum Gasteiger partial charge on any atom is -0.494 e. The van der Waals surface area contributed by atoms with E-state index in [-0.39, 0.29) is 12.0 Å². The molecule has 0 saturated heterocycles. The molecule has 1 atom stereocenters. The second-order valence-electron chi connectivity index (χ2n) is 6.60. The average Bonchev–Trinajstić information content (AvgIpc) is 3.09. The summed E-state index contributed by atoms with van der Waals surface area (Å²) in [7, 11) is 1.76. The largest absolute Gasteiger partial charge is 0.494 e. The van der Waals surface area contributed by atoms with Crippen LogP contribution >= 0.6 is 11.6 Å². The van der Waals surface area contributed by atoms with E-state index in [0.717, 1.165) is 40.3 Å². The van der Waals surface area contributed by atoms with Gasteiger partial charge in [-0.2, -0.15) is 5.10 Å². The molecule has 0 saturated carbocycles. The third-order valence-electron chi connectivity index (χ3n) is 4.43. The van der Waals surface area contributed by atoms with Gasteiger partial charge in [-0.25, -0.2) is 0 Å². The van der Waals surface area contributed by atoms with Crippen LogP contribution < -0.4 is 14.8 Å². The minimum atomic E-state index is -0.216. The maximum Gasteiger partial charge on any atom is 0.244 e. The number of nitrogens with one attached hydrogen (secondary N) is 1. The van der Waals surface area contributed by atoms with Gasteiger partial charge in [0.25, 0.3) is 0 Å². The van der Waals surface area contributed by atoms with Crippen molar-refractivity contribution in [2.75, 3.05) is 6.61 Å². The fourth-order valence-corrected chi connectivity index (χ4v) is 3.38. The van der Waals surface area contributed by atoms with E-state index in [0.29, 0.717) is 18.3 Å². The van der Waals surface area contributed by atoms with Crippen LogP contribution in [0.1, 0.15) is 36.2 Å². The summed E-state index contributed by atoms with van der Waals surface area (Å²) in [4.78, 5) is 12.2. The summed E-state index contributed by atoms with van der Waals surface area (Å²) in [6.07, 6.45) is 4.17. The SMILES string of the molecule is CCOc1cc2c(cc1CNC(=O)/C=C\c1c(C)nn(C)c1Cl)O[C@@H](C)C2. The zero-order valence-corrected chi connectivity index (χ0v) is 16.8. The van der Waals surface area contributed by atoms with Crippen LogP contribution in [-0.2, 0) is 24.8 Å². The van der Waals surface area contributed by atoms with Gasteiger partial charge in [0.05, 0.1) is 12.3 Å². The second kappa shape index (κ2) is 8.05. The molecule has 0 bridgehead atoms. The van der Waals surface area contributed by atoms with Gasteiger partial charge < -0.3 is 14.8 Å². The van der Waals surface area contributed by atoms with Crippen LogP contribution in [-0.4, -0.2) is 28.4 Å². The van der Waals surface area contributed by atoms with Crippen molar-refractivity contribution < 1.29 is 14.3 Å². The van der Waals surface area contributed by atoms with E-state index < -0.39 is 0 Å². The molecule has 27 heavy (non-hydrogen) atoms. The van der Waals surface area contributed by atoms with Gasteiger partial charge in [0.15, 0.2) is 0 Å². The van der Waals surface area contributed by atoms with Gasteiger partial charge in [-0.05, 0) is 39.0 Å². The molecule has 7 heteroatoms. The van der Waals surface area contributed by atoms with E-state index >= 15 is 0 Å².